The van der Waals surface area contributed by atoms with Crippen molar-refractivity contribution < 1.29 is 19.0 Å². The zero-order chi connectivity index (χ0) is 15.4. The number of methoxy groups -OCH3 is 1. The van der Waals surface area contributed by atoms with Crippen molar-refractivity contribution in [3.8, 4) is 5.75 Å². The molecule has 0 spiro atoms. The highest BCUT2D eigenvalue weighted by Gasteiger charge is 2.20. The van der Waals surface area contributed by atoms with E-state index in [1.807, 2.05) is 0 Å². The number of benzene rings is 2. The Morgan fingerprint density at radius 3 is 2.67 bits per heavy atom. The van der Waals surface area contributed by atoms with Gasteiger partial charge in [-0.15, -0.1) is 0 Å². The van der Waals surface area contributed by atoms with Gasteiger partial charge in [-0.3, -0.25) is 0 Å². The van der Waals surface area contributed by atoms with Crippen LogP contribution in [0.1, 0.15) is 17.2 Å². The number of carboxylic acid groups (broad SMARTS) is 1. The van der Waals surface area contributed by atoms with Gasteiger partial charge in [0.1, 0.15) is 11.6 Å². The minimum atomic E-state index is -1.04. The fraction of sp³-hybridized carbons (Fsp3) is 0.188. The molecule has 0 radical (unpaired) electrons. The van der Waals surface area contributed by atoms with Crippen LogP contribution < -0.4 is 10.1 Å². The van der Waals surface area contributed by atoms with Gasteiger partial charge >= 0.3 is 5.97 Å². The van der Waals surface area contributed by atoms with Crippen molar-refractivity contribution in [3.05, 3.63) is 59.4 Å². The van der Waals surface area contributed by atoms with Crippen LogP contribution >= 0.6 is 0 Å². The molecule has 21 heavy (non-hydrogen) atoms. The predicted molar refractivity (Wildman–Crippen MR) is 78.1 cm³/mol. The van der Waals surface area contributed by atoms with Crippen LogP contribution in [-0.2, 0) is 4.79 Å². The van der Waals surface area contributed by atoms with E-state index in [1.54, 1.807) is 31.2 Å². The third-order valence-corrected chi connectivity index (χ3v) is 3.14. The summed E-state index contributed by atoms with van der Waals surface area (Å²) in [5.41, 5.74) is 1.51. The summed E-state index contributed by atoms with van der Waals surface area (Å²) in [4.78, 5) is 11.5. The van der Waals surface area contributed by atoms with E-state index < -0.39 is 12.0 Å². The summed E-state index contributed by atoms with van der Waals surface area (Å²) >= 11 is 0. The molecular weight excluding hydrogens is 273 g/mol. The summed E-state index contributed by atoms with van der Waals surface area (Å²) in [6.45, 7) is 1.60. The normalized spacial score (nSPS) is 11.8. The molecule has 2 aromatic carbocycles. The third kappa shape index (κ3) is 3.51. The van der Waals surface area contributed by atoms with E-state index in [0.29, 0.717) is 22.6 Å². The fourth-order valence-corrected chi connectivity index (χ4v) is 2.01. The first kappa shape index (κ1) is 14.8. The van der Waals surface area contributed by atoms with Crippen molar-refractivity contribution >= 4 is 11.7 Å². The second kappa shape index (κ2) is 6.26. The van der Waals surface area contributed by atoms with Crippen LogP contribution in [-0.4, -0.2) is 18.2 Å². The number of anilines is 1. The maximum Gasteiger partial charge on any atom is 0.330 e. The number of nitrogens with one attached hydrogen (secondary N) is 1. The molecule has 0 aliphatic carbocycles. The lowest BCUT2D eigenvalue weighted by Crippen LogP contribution is -2.20. The Morgan fingerprint density at radius 1 is 1.29 bits per heavy atom. The number of halogens is 1. The second-order valence-electron chi connectivity index (χ2n) is 4.66. The molecule has 110 valence electrons. The smallest absolute Gasteiger partial charge is 0.330 e. The van der Waals surface area contributed by atoms with E-state index in [2.05, 4.69) is 5.32 Å². The molecule has 2 aromatic rings. The fourth-order valence-electron chi connectivity index (χ4n) is 2.01. The zero-order valence-corrected chi connectivity index (χ0v) is 11.8. The number of aliphatic carboxylic acids is 1. The van der Waals surface area contributed by atoms with Gasteiger partial charge in [-0.05, 0) is 36.2 Å². The van der Waals surface area contributed by atoms with Crippen LogP contribution in [0.5, 0.6) is 5.75 Å². The average molecular weight is 289 g/mol. The van der Waals surface area contributed by atoms with Gasteiger partial charge in [0, 0.05) is 11.8 Å². The summed E-state index contributed by atoms with van der Waals surface area (Å²) in [6.07, 6.45) is 0. The Labute approximate surface area is 122 Å². The lowest BCUT2D eigenvalue weighted by atomic mass is 10.0. The molecular formula is C16H16FNO3. The molecule has 1 atom stereocenters. The van der Waals surface area contributed by atoms with Crippen molar-refractivity contribution in [1.29, 1.82) is 0 Å². The number of rotatable bonds is 5. The van der Waals surface area contributed by atoms with Crippen LogP contribution in [0, 0.1) is 12.7 Å². The average Bonchev–Trinajstić information content (AvgIpc) is 2.47. The molecule has 1 unspecified atom stereocenters. The highest BCUT2D eigenvalue weighted by Crippen LogP contribution is 2.24. The number of ether oxygens (including phenoxy) is 1. The molecule has 5 heteroatoms. The first-order valence-electron chi connectivity index (χ1n) is 6.40. The van der Waals surface area contributed by atoms with E-state index in [0.717, 1.165) is 0 Å². The molecule has 0 heterocycles. The summed E-state index contributed by atoms with van der Waals surface area (Å²) in [5.74, 6) is -0.771. The quantitative estimate of drug-likeness (QED) is 0.886. The van der Waals surface area contributed by atoms with Crippen LogP contribution in [0.2, 0.25) is 0 Å². The third-order valence-electron chi connectivity index (χ3n) is 3.14. The van der Waals surface area contributed by atoms with Crippen molar-refractivity contribution in [2.24, 2.45) is 0 Å². The van der Waals surface area contributed by atoms with Crippen molar-refractivity contribution in [2.75, 3.05) is 12.4 Å². The second-order valence-corrected chi connectivity index (χ2v) is 4.66. The van der Waals surface area contributed by atoms with Crippen molar-refractivity contribution in [2.45, 2.75) is 13.0 Å². The number of aryl methyl sites for hydroxylation is 1. The molecule has 0 aromatic heterocycles. The van der Waals surface area contributed by atoms with Crippen molar-refractivity contribution in [3.63, 3.8) is 0 Å². The lowest BCUT2D eigenvalue weighted by Gasteiger charge is -2.17. The van der Waals surface area contributed by atoms with E-state index in [9.17, 15) is 14.3 Å². The number of hydrogen-bond acceptors (Lipinski definition) is 3. The largest absolute Gasteiger partial charge is 0.497 e. The monoisotopic (exact) mass is 289 g/mol. The first-order valence-corrected chi connectivity index (χ1v) is 6.40. The maximum absolute atomic E-state index is 13.3. The number of carboxylic acids is 1. The Balaban J connectivity index is 2.30. The van der Waals surface area contributed by atoms with Gasteiger partial charge in [-0.25, -0.2) is 9.18 Å². The van der Waals surface area contributed by atoms with Crippen LogP contribution in [0.25, 0.3) is 0 Å². The zero-order valence-electron chi connectivity index (χ0n) is 11.8. The highest BCUT2D eigenvalue weighted by molar-refractivity contribution is 5.79. The summed E-state index contributed by atoms with van der Waals surface area (Å²) in [7, 11) is 1.54. The molecule has 4 nitrogen and oxygen atoms in total. The summed E-state index contributed by atoms with van der Waals surface area (Å²) in [6, 6.07) is 10.3. The topological polar surface area (TPSA) is 58.6 Å². The Bertz CT molecular complexity index is 658. The Kier molecular flexibility index (Phi) is 4.42. The van der Waals surface area contributed by atoms with Crippen LogP contribution in [0.3, 0.4) is 0 Å². The van der Waals surface area contributed by atoms with Gasteiger partial charge in [0.05, 0.1) is 7.11 Å². The minimum absolute atomic E-state index is 0.357. The van der Waals surface area contributed by atoms with E-state index in [4.69, 9.17) is 4.74 Å². The molecule has 2 N–H and O–H groups in total. The number of hydrogen-bond donors (Lipinski definition) is 2. The molecule has 2 rings (SSSR count). The van der Waals surface area contributed by atoms with Gasteiger partial charge in [0.15, 0.2) is 6.04 Å². The van der Waals surface area contributed by atoms with E-state index in [1.165, 1.54) is 25.3 Å². The number of carbonyl (C=O) groups is 1. The molecule has 0 saturated carbocycles. The van der Waals surface area contributed by atoms with E-state index in [-0.39, 0.29) is 5.82 Å². The van der Waals surface area contributed by atoms with Crippen molar-refractivity contribution in [1.82, 2.24) is 0 Å². The highest BCUT2D eigenvalue weighted by atomic mass is 19.1. The molecule has 0 saturated heterocycles. The molecule has 0 aliphatic rings. The minimum Gasteiger partial charge on any atom is -0.497 e. The molecule has 0 amide bonds. The van der Waals surface area contributed by atoms with Gasteiger partial charge in [0.2, 0.25) is 0 Å². The van der Waals surface area contributed by atoms with E-state index >= 15 is 0 Å². The van der Waals surface area contributed by atoms with Gasteiger partial charge in [-0.1, -0.05) is 18.2 Å². The standard InChI is InChI=1S/C16H16FNO3/c1-10-8-11(6-7-14(10)17)15(16(19)20)18-12-4-3-5-13(9-12)21-2/h3-9,15,18H,1-2H3,(H,19,20). The van der Waals surface area contributed by atoms with Crippen LogP contribution in [0.4, 0.5) is 10.1 Å². The molecule has 0 fully saturated rings. The van der Waals surface area contributed by atoms with Gasteiger partial charge < -0.3 is 15.2 Å². The van der Waals surface area contributed by atoms with Gasteiger partial charge in [-0.2, -0.15) is 0 Å². The Hall–Kier alpha value is -2.56. The lowest BCUT2D eigenvalue weighted by molar-refractivity contribution is -0.138. The molecule has 0 aliphatic heterocycles. The van der Waals surface area contributed by atoms with Gasteiger partial charge in [0.25, 0.3) is 0 Å². The SMILES string of the molecule is COc1cccc(NC(C(=O)O)c2ccc(F)c(C)c2)c1. The summed E-state index contributed by atoms with van der Waals surface area (Å²) < 4.78 is 18.4. The Morgan fingerprint density at radius 2 is 2.05 bits per heavy atom. The first-order chi connectivity index (χ1) is 10.0. The van der Waals surface area contributed by atoms with Crippen LogP contribution in [0.15, 0.2) is 42.5 Å². The summed E-state index contributed by atoms with van der Waals surface area (Å²) in [5, 5.41) is 12.3. The maximum atomic E-state index is 13.3. The molecule has 0 bridgehead atoms. The predicted octanol–water partition coefficient (Wildman–Crippen LogP) is 3.38.